The van der Waals surface area contributed by atoms with Gasteiger partial charge < -0.3 is 29.3 Å². The molecule has 0 saturated carbocycles. The molecule has 2 aromatic rings. The van der Waals surface area contributed by atoms with E-state index in [2.05, 4.69) is 0 Å². The first-order valence-corrected chi connectivity index (χ1v) is 11.4. The third-order valence-corrected chi connectivity index (χ3v) is 6.65. The van der Waals surface area contributed by atoms with Gasteiger partial charge in [-0.2, -0.15) is 0 Å². The molecule has 8 heteroatoms. The summed E-state index contributed by atoms with van der Waals surface area (Å²) in [5.74, 6) is -0.779. The molecular weight excluding hydrogens is 438 g/mol. The molecule has 0 spiro atoms. The van der Waals surface area contributed by atoms with Crippen molar-refractivity contribution in [3.63, 3.8) is 0 Å². The highest BCUT2D eigenvalue weighted by Crippen LogP contribution is 2.43. The molecule has 0 aromatic heterocycles. The number of carbonyl (C=O) groups is 2. The van der Waals surface area contributed by atoms with Gasteiger partial charge in [-0.05, 0) is 61.2 Å². The highest BCUT2D eigenvalue weighted by atomic mass is 16.5. The van der Waals surface area contributed by atoms with E-state index in [1.54, 1.807) is 30.3 Å². The number of hydrogen-bond acceptors (Lipinski definition) is 7. The maximum atomic E-state index is 13.2. The highest BCUT2D eigenvalue weighted by molar-refractivity contribution is 6.46. The molecule has 3 aliphatic rings. The van der Waals surface area contributed by atoms with Gasteiger partial charge in [-0.3, -0.25) is 9.59 Å². The van der Waals surface area contributed by atoms with Crippen LogP contribution in [0.4, 0.5) is 0 Å². The number of rotatable bonds is 5. The Balaban J connectivity index is 1.62. The lowest BCUT2D eigenvalue weighted by Crippen LogP contribution is -2.36. The average Bonchev–Trinajstić information content (AvgIpc) is 3.53. The number of ether oxygens (including phenoxy) is 3. The largest absolute Gasteiger partial charge is 0.507 e. The second-order valence-electron chi connectivity index (χ2n) is 8.97. The summed E-state index contributed by atoms with van der Waals surface area (Å²) in [6.07, 6.45) is 2.23. The Labute approximate surface area is 197 Å². The van der Waals surface area contributed by atoms with Crippen molar-refractivity contribution in [1.29, 1.82) is 0 Å². The molecule has 1 amide bonds. The van der Waals surface area contributed by atoms with Crippen LogP contribution < -0.4 is 9.47 Å². The number of likely N-dealkylation sites (tertiary alicyclic amines) is 1. The van der Waals surface area contributed by atoms with Crippen LogP contribution >= 0.6 is 0 Å². The molecule has 2 saturated heterocycles. The van der Waals surface area contributed by atoms with E-state index in [0.717, 1.165) is 24.2 Å². The smallest absolute Gasteiger partial charge is 0.295 e. The molecule has 3 atom stereocenters. The molecule has 0 radical (unpaired) electrons. The predicted molar refractivity (Wildman–Crippen MR) is 123 cm³/mol. The maximum absolute atomic E-state index is 13.2. The Morgan fingerprint density at radius 1 is 1.21 bits per heavy atom. The van der Waals surface area contributed by atoms with E-state index >= 15 is 0 Å². The molecule has 2 N–H and O–H groups in total. The number of aliphatic hydroxyl groups is 1. The predicted octanol–water partition coefficient (Wildman–Crippen LogP) is 3.32. The van der Waals surface area contributed by atoms with Crippen molar-refractivity contribution in [2.45, 2.75) is 44.4 Å². The van der Waals surface area contributed by atoms with Gasteiger partial charge in [0, 0.05) is 25.1 Å². The van der Waals surface area contributed by atoms with Crippen molar-refractivity contribution >= 4 is 17.4 Å². The summed E-state index contributed by atoms with van der Waals surface area (Å²) < 4.78 is 16.7. The number of carbonyl (C=O) groups excluding carboxylic acids is 2. The number of nitrogens with zero attached hydrogens (tertiary/aromatic N) is 1. The van der Waals surface area contributed by atoms with Gasteiger partial charge in [-0.1, -0.05) is 6.07 Å². The van der Waals surface area contributed by atoms with Gasteiger partial charge in [0.1, 0.15) is 17.6 Å². The van der Waals surface area contributed by atoms with Gasteiger partial charge in [-0.25, -0.2) is 0 Å². The topological polar surface area (TPSA) is 106 Å². The van der Waals surface area contributed by atoms with Crippen molar-refractivity contribution in [3.8, 4) is 17.2 Å². The van der Waals surface area contributed by atoms with E-state index in [1.165, 1.54) is 18.1 Å². The molecule has 2 aromatic carbocycles. The van der Waals surface area contributed by atoms with E-state index < -0.39 is 17.7 Å². The summed E-state index contributed by atoms with van der Waals surface area (Å²) in [5.41, 5.74) is 1.93. The van der Waals surface area contributed by atoms with Crippen LogP contribution in [0.15, 0.2) is 42.0 Å². The summed E-state index contributed by atoms with van der Waals surface area (Å²) in [5, 5.41) is 21.4. The first-order chi connectivity index (χ1) is 16.4. The zero-order valence-electron chi connectivity index (χ0n) is 19.1. The Hall–Kier alpha value is -3.52. The lowest BCUT2D eigenvalue weighted by molar-refractivity contribution is -0.140. The second-order valence-corrected chi connectivity index (χ2v) is 8.97. The lowest BCUT2D eigenvalue weighted by Gasteiger charge is -2.27. The molecule has 34 heavy (non-hydrogen) atoms. The molecular formula is C26H27NO7. The van der Waals surface area contributed by atoms with Gasteiger partial charge in [0.05, 0.1) is 24.8 Å². The Morgan fingerprint density at radius 2 is 2.03 bits per heavy atom. The fourth-order valence-corrected chi connectivity index (χ4v) is 5.01. The molecule has 5 rings (SSSR count). The molecule has 8 nitrogen and oxygen atoms in total. The number of benzene rings is 2. The van der Waals surface area contributed by atoms with Crippen LogP contribution in [0.3, 0.4) is 0 Å². The van der Waals surface area contributed by atoms with Gasteiger partial charge in [0.2, 0.25) is 0 Å². The molecule has 0 bridgehead atoms. The number of aliphatic hydroxyl groups excluding tert-OH is 1. The number of Topliss-reactive ketones (excluding diaryl/α,β-unsaturated/α-hetero) is 1. The molecule has 178 valence electrons. The Kier molecular flexibility index (Phi) is 5.69. The van der Waals surface area contributed by atoms with E-state index in [0.29, 0.717) is 24.2 Å². The molecule has 0 unspecified atom stereocenters. The standard InChI is InChI=1S/C26H27NO7/c1-14-10-17-11-16(6-8-20(17)34-14)24(29)22-23(15-5-7-19(28)21(12-15)32-2)27(26(31)25(22)30)13-18-4-3-9-33-18/h5-8,11-12,14,18,23,28-29H,3-4,9-10,13H2,1-2H3/t14-,18-,23+/m0/s1. The average molecular weight is 466 g/mol. The second kappa shape index (κ2) is 8.68. The van der Waals surface area contributed by atoms with Crippen LogP contribution in [-0.4, -0.2) is 59.3 Å². The van der Waals surface area contributed by atoms with Crippen LogP contribution in [0.5, 0.6) is 17.2 Å². The zero-order chi connectivity index (χ0) is 24.0. The van der Waals surface area contributed by atoms with Crippen molar-refractivity contribution in [2.24, 2.45) is 0 Å². The lowest BCUT2D eigenvalue weighted by atomic mass is 9.94. The van der Waals surface area contributed by atoms with Crippen LogP contribution in [0.25, 0.3) is 5.76 Å². The summed E-state index contributed by atoms with van der Waals surface area (Å²) >= 11 is 0. The minimum atomic E-state index is -0.845. The van der Waals surface area contributed by atoms with Gasteiger partial charge in [0.25, 0.3) is 11.7 Å². The molecule has 2 fully saturated rings. The van der Waals surface area contributed by atoms with Crippen LogP contribution in [0.2, 0.25) is 0 Å². The van der Waals surface area contributed by atoms with Crippen LogP contribution in [-0.2, 0) is 20.7 Å². The van der Waals surface area contributed by atoms with Gasteiger partial charge >= 0.3 is 0 Å². The minimum absolute atomic E-state index is 0.00246. The van der Waals surface area contributed by atoms with Gasteiger partial charge in [0.15, 0.2) is 11.5 Å². The normalized spacial score (nSPS) is 25.5. The summed E-state index contributed by atoms with van der Waals surface area (Å²) in [6, 6.07) is 9.08. The fourth-order valence-electron chi connectivity index (χ4n) is 5.01. The third kappa shape index (κ3) is 3.77. The number of amides is 1. The monoisotopic (exact) mass is 465 g/mol. The van der Waals surface area contributed by atoms with E-state index in [4.69, 9.17) is 14.2 Å². The summed E-state index contributed by atoms with van der Waals surface area (Å²) in [7, 11) is 1.43. The number of methoxy groups -OCH3 is 1. The first-order valence-electron chi connectivity index (χ1n) is 11.4. The number of phenols is 1. The Bertz CT molecular complexity index is 1180. The fraction of sp³-hybridized carbons (Fsp3) is 0.385. The number of aromatic hydroxyl groups is 1. The van der Waals surface area contributed by atoms with E-state index in [9.17, 15) is 19.8 Å². The van der Waals surface area contributed by atoms with Crippen LogP contribution in [0, 0.1) is 0 Å². The quantitative estimate of drug-likeness (QED) is 0.396. The molecule has 3 aliphatic heterocycles. The number of hydrogen-bond donors (Lipinski definition) is 2. The molecule has 3 heterocycles. The first kappa shape index (κ1) is 22.3. The minimum Gasteiger partial charge on any atom is -0.507 e. The maximum Gasteiger partial charge on any atom is 0.295 e. The van der Waals surface area contributed by atoms with Crippen molar-refractivity contribution < 1.29 is 34.0 Å². The van der Waals surface area contributed by atoms with E-state index in [-0.39, 0.29) is 41.6 Å². The van der Waals surface area contributed by atoms with Crippen molar-refractivity contribution in [1.82, 2.24) is 4.90 Å². The highest BCUT2D eigenvalue weighted by Gasteiger charge is 2.47. The zero-order valence-corrected chi connectivity index (χ0v) is 19.1. The van der Waals surface area contributed by atoms with Crippen molar-refractivity contribution in [3.05, 3.63) is 58.7 Å². The van der Waals surface area contributed by atoms with Gasteiger partial charge in [-0.15, -0.1) is 0 Å². The molecule has 0 aliphatic carbocycles. The van der Waals surface area contributed by atoms with Crippen LogP contribution in [0.1, 0.15) is 42.5 Å². The number of fused-ring (bicyclic) bond motifs is 1. The third-order valence-electron chi connectivity index (χ3n) is 6.65. The van der Waals surface area contributed by atoms with E-state index in [1.807, 2.05) is 6.92 Å². The number of ketones is 1. The Morgan fingerprint density at radius 3 is 2.76 bits per heavy atom. The summed E-state index contributed by atoms with van der Waals surface area (Å²) in [4.78, 5) is 27.8. The van der Waals surface area contributed by atoms with Crippen molar-refractivity contribution in [2.75, 3.05) is 20.3 Å². The SMILES string of the molecule is COc1cc([C@@H]2C(=C(O)c3ccc4c(c3)C[C@H](C)O4)C(=O)C(=O)N2C[C@@H]2CCCO2)ccc1O. The number of phenolic OH excluding ortho intramolecular Hbond substituents is 1. The summed E-state index contributed by atoms with van der Waals surface area (Å²) in [6.45, 7) is 2.81.